The molecule has 1 aromatic carbocycles. The van der Waals surface area contributed by atoms with E-state index in [1.807, 2.05) is 13.8 Å². The van der Waals surface area contributed by atoms with E-state index in [1.165, 1.54) is 11.1 Å². The molecule has 1 N–H and O–H groups in total. The second kappa shape index (κ2) is 6.99. The minimum absolute atomic E-state index is 0.00529. The first-order chi connectivity index (χ1) is 10.8. The van der Waals surface area contributed by atoms with Gasteiger partial charge < -0.3 is 9.84 Å². The van der Waals surface area contributed by atoms with E-state index < -0.39 is 0 Å². The Hall–Kier alpha value is -2.10. The van der Waals surface area contributed by atoms with Gasteiger partial charge in [0.2, 0.25) is 5.91 Å². The molecule has 1 aromatic heterocycles. The lowest BCUT2D eigenvalue weighted by molar-refractivity contribution is -0.120. The van der Waals surface area contributed by atoms with Gasteiger partial charge in [0, 0.05) is 12.1 Å². The lowest BCUT2D eigenvalue weighted by atomic mass is 9.86. The highest BCUT2D eigenvalue weighted by Gasteiger charge is 2.14. The van der Waals surface area contributed by atoms with Crippen molar-refractivity contribution in [2.45, 2.75) is 52.9 Å². The van der Waals surface area contributed by atoms with Gasteiger partial charge in [0.25, 0.3) is 0 Å². The number of aromatic nitrogens is 1. The predicted molar refractivity (Wildman–Crippen MR) is 91.5 cm³/mol. The van der Waals surface area contributed by atoms with Crippen molar-refractivity contribution in [3.8, 4) is 0 Å². The molecule has 0 aliphatic heterocycles. The fourth-order valence-corrected chi connectivity index (χ4v) is 2.49. The highest BCUT2D eigenvalue weighted by molar-refractivity contribution is 5.78. The second-order valence-corrected chi connectivity index (χ2v) is 7.03. The van der Waals surface area contributed by atoms with E-state index >= 15 is 0 Å². The molecule has 0 atom stereocenters. The number of carbonyl (C=O) groups excluding carboxylic acids is 1. The number of carbonyl (C=O) groups is 1. The van der Waals surface area contributed by atoms with Crippen LogP contribution in [0.1, 0.15) is 48.9 Å². The molecule has 124 valence electrons. The minimum atomic E-state index is 0.00529. The van der Waals surface area contributed by atoms with E-state index in [-0.39, 0.29) is 11.3 Å². The van der Waals surface area contributed by atoms with Gasteiger partial charge in [-0.05, 0) is 36.8 Å². The molecule has 2 rings (SSSR count). The molecule has 0 radical (unpaired) electrons. The van der Waals surface area contributed by atoms with Crippen LogP contribution in [0.15, 0.2) is 28.8 Å². The monoisotopic (exact) mass is 314 g/mol. The molecule has 0 spiro atoms. The molecule has 2 aromatic rings. The summed E-state index contributed by atoms with van der Waals surface area (Å²) in [6.07, 6.45) is 1.15. The SMILES string of the molecule is Cc1noc(C)c1CC(=O)NCCc1ccc(C(C)(C)C)cc1. The van der Waals surface area contributed by atoms with Gasteiger partial charge in [-0.3, -0.25) is 4.79 Å². The molecule has 0 saturated heterocycles. The Bertz CT molecular complexity index is 644. The van der Waals surface area contributed by atoms with E-state index in [0.717, 1.165) is 23.4 Å². The zero-order valence-electron chi connectivity index (χ0n) is 14.7. The van der Waals surface area contributed by atoms with Crippen LogP contribution in [-0.4, -0.2) is 17.6 Å². The molecule has 4 heteroatoms. The molecular weight excluding hydrogens is 288 g/mol. The van der Waals surface area contributed by atoms with Crippen LogP contribution < -0.4 is 5.32 Å². The Morgan fingerprint density at radius 3 is 2.35 bits per heavy atom. The smallest absolute Gasteiger partial charge is 0.224 e. The van der Waals surface area contributed by atoms with Gasteiger partial charge in [-0.25, -0.2) is 0 Å². The Morgan fingerprint density at radius 1 is 1.17 bits per heavy atom. The summed E-state index contributed by atoms with van der Waals surface area (Å²) in [7, 11) is 0. The third-order valence-electron chi connectivity index (χ3n) is 4.07. The normalized spacial score (nSPS) is 11.5. The van der Waals surface area contributed by atoms with Gasteiger partial charge >= 0.3 is 0 Å². The first-order valence-corrected chi connectivity index (χ1v) is 8.05. The van der Waals surface area contributed by atoms with Crippen LogP contribution in [0.25, 0.3) is 0 Å². The molecule has 0 aliphatic rings. The van der Waals surface area contributed by atoms with Crippen molar-refractivity contribution >= 4 is 5.91 Å². The van der Waals surface area contributed by atoms with Gasteiger partial charge in [0.1, 0.15) is 5.76 Å². The molecular formula is C19H26N2O2. The first kappa shape index (κ1) is 17.3. The molecule has 4 nitrogen and oxygen atoms in total. The summed E-state index contributed by atoms with van der Waals surface area (Å²) in [4.78, 5) is 12.0. The van der Waals surface area contributed by atoms with E-state index in [9.17, 15) is 4.79 Å². The van der Waals surface area contributed by atoms with Crippen LogP contribution in [0.2, 0.25) is 0 Å². The number of amides is 1. The van der Waals surface area contributed by atoms with E-state index in [1.54, 1.807) is 0 Å². The third-order valence-corrected chi connectivity index (χ3v) is 4.07. The molecule has 0 bridgehead atoms. The molecule has 1 heterocycles. The van der Waals surface area contributed by atoms with E-state index in [4.69, 9.17) is 4.52 Å². The van der Waals surface area contributed by atoms with Crippen LogP contribution in [-0.2, 0) is 23.1 Å². The maximum atomic E-state index is 12.0. The molecule has 23 heavy (non-hydrogen) atoms. The van der Waals surface area contributed by atoms with Crippen LogP contribution in [0.3, 0.4) is 0 Å². The largest absolute Gasteiger partial charge is 0.361 e. The van der Waals surface area contributed by atoms with Crippen molar-refractivity contribution in [1.82, 2.24) is 10.5 Å². The Balaban J connectivity index is 1.82. The zero-order valence-corrected chi connectivity index (χ0v) is 14.7. The summed E-state index contributed by atoms with van der Waals surface area (Å²) >= 11 is 0. The topological polar surface area (TPSA) is 55.1 Å². The predicted octanol–water partition coefficient (Wildman–Crippen LogP) is 3.49. The van der Waals surface area contributed by atoms with Crippen LogP contribution in [0, 0.1) is 13.8 Å². The summed E-state index contributed by atoms with van der Waals surface area (Å²) in [5.74, 6) is 0.723. The lowest BCUT2D eigenvalue weighted by Gasteiger charge is -2.19. The van der Waals surface area contributed by atoms with Crippen LogP contribution >= 0.6 is 0 Å². The average molecular weight is 314 g/mol. The van der Waals surface area contributed by atoms with Gasteiger partial charge in [0.15, 0.2) is 0 Å². The molecule has 0 fully saturated rings. The van der Waals surface area contributed by atoms with Crippen molar-refractivity contribution in [2.75, 3.05) is 6.54 Å². The van der Waals surface area contributed by atoms with Gasteiger partial charge in [-0.1, -0.05) is 50.2 Å². The number of rotatable bonds is 5. The number of benzene rings is 1. The van der Waals surface area contributed by atoms with Gasteiger partial charge in [-0.15, -0.1) is 0 Å². The third kappa shape index (κ3) is 4.68. The Kier molecular flexibility index (Phi) is 5.24. The number of hydrogen-bond donors (Lipinski definition) is 1. The second-order valence-electron chi connectivity index (χ2n) is 7.03. The van der Waals surface area contributed by atoms with Crippen molar-refractivity contribution in [3.05, 3.63) is 52.4 Å². The van der Waals surface area contributed by atoms with Crippen molar-refractivity contribution < 1.29 is 9.32 Å². The highest BCUT2D eigenvalue weighted by Crippen LogP contribution is 2.22. The van der Waals surface area contributed by atoms with Crippen LogP contribution in [0.4, 0.5) is 0 Å². The summed E-state index contributed by atoms with van der Waals surface area (Å²) < 4.78 is 5.08. The summed E-state index contributed by atoms with van der Waals surface area (Å²) in [6.45, 7) is 10.9. The molecule has 1 amide bonds. The van der Waals surface area contributed by atoms with Crippen molar-refractivity contribution in [3.63, 3.8) is 0 Å². The molecule has 0 aliphatic carbocycles. The number of nitrogens with zero attached hydrogens (tertiary/aromatic N) is 1. The lowest BCUT2D eigenvalue weighted by Crippen LogP contribution is -2.27. The standard InChI is InChI=1S/C19H26N2O2/c1-13-17(14(2)23-21-13)12-18(22)20-11-10-15-6-8-16(9-7-15)19(3,4)5/h6-9H,10-12H2,1-5H3,(H,20,22). The van der Waals surface area contributed by atoms with Crippen molar-refractivity contribution in [1.29, 1.82) is 0 Å². The number of aryl methyl sites for hydroxylation is 2. The number of hydrogen-bond acceptors (Lipinski definition) is 3. The zero-order chi connectivity index (χ0) is 17.0. The Morgan fingerprint density at radius 2 is 1.83 bits per heavy atom. The minimum Gasteiger partial charge on any atom is -0.361 e. The van der Waals surface area contributed by atoms with E-state index in [2.05, 4.69) is 55.5 Å². The fourth-order valence-electron chi connectivity index (χ4n) is 2.49. The first-order valence-electron chi connectivity index (χ1n) is 8.05. The fraction of sp³-hybridized carbons (Fsp3) is 0.474. The summed E-state index contributed by atoms with van der Waals surface area (Å²) in [6, 6.07) is 8.62. The quantitative estimate of drug-likeness (QED) is 0.919. The van der Waals surface area contributed by atoms with E-state index in [0.29, 0.717) is 13.0 Å². The maximum absolute atomic E-state index is 12.0. The van der Waals surface area contributed by atoms with Crippen molar-refractivity contribution in [2.24, 2.45) is 0 Å². The summed E-state index contributed by atoms with van der Waals surface area (Å²) in [5.41, 5.74) is 4.40. The number of nitrogens with one attached hydrogen (secondary N) is 1. The van der Waals surface area contributed by atoms with Crippen LogP contribution in [0.5, 0.6) is 0 Å². The van der Waals surface area contributed by atoms with Gasteiger partial charge in [-0.2, -0.15) is 0 Å². The summed E-state index contributed by atoms with van der Waals surface area (Å²) in [5, 5.41) is 6.83. The maximum Gasteiger partial charge on any atom is 0.224 e. The average Bonchev–Trinajstić information content (AvgIpc) is 2.79. The molecule has 0 saturated carbocycles. The van der Waals surface area contributed by atoms with Gasteiger partial charge in [0.05, 0.1) is 12.1 Å². The molecule has 0 unspecified atom stereocenters. The Labute approximate surface area is 138 Å². The highest BCUT2D eigenvalue weighted by atomic mass is 16.5.